The van der Waals surface area contributed by atoms with Crippen molar-refractivity contribution in [2.75, 3.05) is 4.90 Å². The zero-order valence-electron chi connectivity index (χ0n) is 13.7. The summed E-state index contributed by atoms with van der Waals surface area (Å²) in [6, 6.07) is 12.9. The van der Waals surface area contributed by atoms with E-state index in [2.05, 4.69) is 4.98 Å². The van der Waals surface area contributed by atoms with Gasteiger partial charge in [-0.15, -0.1) is 0 Å². The molecule has 1 aromatic heterocycles. The first-order valence-electron chi connectivity index (χ1n) is 7.89. The standard InChI is InChI=1S/C19H14N2O4S/c1-10(22)15-16(11-6-8-12(23)9-7-11)21(18(25)17(15)24)19-20-13-4-2-3-5-14(13)26-19/h2-9,16,23-24H,1H3/t16-/m1/s1. The van der Waals surface area contributed by atoms with Crippen molar-refractivity contribution >= 4 is 38.4 Å². The molecule has 26 heavy (non-hydrogen) atoms. The van der Waals surface area contributed by atoms with Crippen molar-refractivity contribution < 1.29 is 19.8 Å². The average molecular weight is 366 g/mol. The number of aliphatic hydroxyl groups excluding tert-OH is 1. The molecule has 0 saturated heterocycles. The lowest BCUT2D eigenvalue weighted by atomic mass is 9.97. The minimum Gasteiger partial charge on any atom is -0.508 e. The fourth-order valence-corrected chi connectivity index (χ4v) is 4.09. The van der Waals surface area contributed by atoms with Crippen molar-refractivity contribution in [3.8, 4) is 5.75 Å². The van der Waals surface area contributed by atoms with E-state index in [1.54, 1.807) is 12.1 Å². The molecule has 0 saturated carbocycles. The molecule has 0 bridgehead atoms. The predicted octanol–water partition coefficient (Wildman–Crippen LogP) is 3.49. The first kappa shape index (κ1) is 16.3. The molecule has 0 unspecified atom stereocenters. The summed E-state index contributed by atoms with van der Waals surface area (Å²) in [6.45, 7) is 1.31. The van der Waals surface area contributed by atoms with Crippen molar-refractivity contribution in [2.45, 2.75) is 13.0 Å². The Hall–Kier alpha value is -3.19. The van der Waals surface area contributed by atoms with E-state index in [9.17, 15) is 19.8 Å². The average Bonchev–Trinajstić information content (AvgIpc) is 3.15. The van der Waals surface area contributed by atoms with E-state index in [-0.39, 0.29) is 11.3 Å². The number of rotatable bonds is 3. The van der Waals surface area contributed by atoms with Gasteiger partial charge in [0.1, 0.15) is 5.75 Å². The zero-order valence-corrected chi connectivity index (χ0v) is 14.5. The van der Waals surface area contributed by atoms with Gasteiger partial charge < -0.3 is 10.2 Å². The van der Waals surface area contributed by atoms with Gasteiger partial charge in [-0.3, -0.25) is 14.5 Å². The molecule has 0 radical (unpaired) electrons. The molecule has 0 aliphatic carbocycles. The van der Waals surface area contributed by atoms with Crippen LogP contribution in [0.15, 0.2) is 59.9 Å². The van der Waals surface area contributed by atoms with Crippen LogP contribution in [-0.2, 0) is 9.59 Å². The van der Waals surface area contributed by atoms with Gasteiger partial charge in [-0.05, 0) is 36.8 Å². The Bertz CT molecular complexity index is 1040. The second kappa shape index (κ2) is 5.96. The van der Waals surface area contributed by atoms with Crippen molar-refractivity contribution in [3.63, 3.8) is 0 Å². The number of ketones is 1. The van der Waals surface area contributed by atoms with Crippen molar-refractivity contribution in [1.82, 2.24) is 4.98 Å². The number of phenolic OH excluding ortho intramolecular Hbond substituents is 1. The van der Waals surface area contributed by atoms with Gasteiger partial charge in [-0.25, -0.2) is 4.98 Å². The van der Waals surface area contributed by atoms with Gasteiger partial charge in [0.15, 0.2) is 16.7 Å². The second-order valence-electron chi connectivity index (χ2n) is 5.95. The van der Waals surface area contributed by atoms with Gasteiger partial charge in [0.05, 0.1) is 21.8 Å². The molecule has 1 aliphatic rings. The first-order chi connectivity index (χ1) is 12.5. The fraction of sp³-hybridized carbons (Fsp3) is 0.105. The van der Waals surface area contributed by atoms with Crippen molar-refractivity contribution in [2.24, 2.45) is 0 Å². The first-order valence-corrected chi connectivity index (χ1v) is 8.71. The topological polar surface area (TPSA) is 90.7 Å². The highest BCUT2D eigenvalue weighted by Gasteiger charge is 2.44. The molecule has 2 aromatic carbocycles. The van der Waals surface area contributed by atoms with Crippen LogP contribution < -0.4 is 4.90 Å². The lowest BCUT2D eigenvalue weighted by molar-refractivity contribution is -0.117. The number of carbonyl (C=O) groups is 2. The highest BCUT2D eigenvalue weighted by molar-refractivity contribution is 7.22. The third kappa shape index (κ3) is 2.44. The van der Waals surface area contributed by atoms with E-state index >= 15 is 0 Å². The molecule has 1 atom stereocenters. The predicted molar refractivity (Wildman–Crippen MR) is 98.3 cm³/mol. The molecule has 1 amide bonds. The molecule has 4 rings (SSSR count). The SMILES string of the molecule is CC(=O)C1=C(O)C(=O)N(c2nc3ccccc3s2)[C@@H]1c1ccc(O)cc1. The molecule has 6 nitrogen and oxygen atoms in total. The number of hydrogen-bond donors (Lipinski definition) is 2. The summed E-state index contributed by atoms with van der Waals surface area (Å²) in [7, 11) is 0. The fourth-order valence-electron chi connectivity index (χ4n) is 3.10. The number of nitrogens with zero attached hydrogens (tertiary/aromatic N) is 2. The summed E-state index contributed by atoms with van der Waals surface area (Å²) in [5.41, 5.74) is 1.37. The summed E-state index contributed by atoms with van der Waals surface area (Å²) in [5.74, 6) is -1.54. The minimum atomic E-state index is -0.791. The van der Waals surface area contributed by atoms with E-state index < -0.39 is 23.5 Å². The maximum atomic E-state index is 12.7. The van der Waals surface area contributed by atoms with Gasteiger partial charge in [0.25, 0.3) is 5.91 Å². The van der Waals surface area contributed by atoms with Gasteiger partial charge in [-0.2, -0.15) is 0 Å². The number of thiazole rings is 1. The van der Waals surface area contributed by atoms with Gasteiger partial charge in [0.2, 0.25) is 0 Å². The van der Waals surface area contributed by atoms with Gasteiger partial charge >= 0.3 is 0 Å². The maximum absolute atomic E-state index is 12.7. The van der Waals surface area contributed by atoms with Gasteiger partial charge in [-0.1, -0.05) is 35.6 Å². The summed E-state index contributed by atoms with van der Waals surface area (Å²) in [6.07, 6.45) is 0. The number of aromatic nitrogens is 1. The summed E-state index contributed by atoms with van der Waals surface area (Å²) >= 11 is 1.31. The normalized spacial score (nSPS) is 17.3. The number of carbonyl (C=O) groups excluding carboxylic acids is 2. The quantitative estimate of drug-likeness (QED) is 0.740. The molecule has 2 heterocycles. The molecular formula is C19H14N2O4S. The monoisotopic (exact) mass is 366 g/mol. The molecule has 130 valence electrons. The smallest absolute Gasteiger partial charge is 0.296 e. The Balaban J connectivity index is 1.90. The Labute approximate surface area is 152 Å². The molecule has 3 aromatic rings. The zero-order chi connectivity index (χ0) is 18.4. The largest absolute Gasteiger partial charge is 0.508 e. The Morgan fingerprint density at radius 1 is 1.12 bits per heavy atom. The lowest BCUT2D eigenvalue weighted by Crippen LogP contribution is -2.30. The Kier molecular flexibility index (Phi) is 3.73. The number of amides is 1. The number of phenols is 1. The summed E-state index contributed by atoms with van der Waals surface area (Å²) < 4.78 is 0.899. The number of aliphatic hydroxyl groups is 1. The molecular weight excluding hydrogens is 352 g/mol. The highest BCUT2D eigenvalue weighted by atomic mass is 32.1. The second-order valence-corrected chi connectivity index (χ2v) is 6.96. The lowest BCUT2D eigenvalue weighted by Gasteiger charge is -2.24. The summed E-state index contributed by atoms with van der Waals surface area (Å²) in [5, 5.41) is 20.3. The van der Waals surface area contributed by atoms with Crippen LogP contribution in [0.5, 0.6) is 5.75 Å². The molecule has 0 spiro atoms. The third-order valence-corrected chi connectivity index (χ3v) is 5.32. The number of benzene rings is 2. The third-order valence-electron chi connectivity index (χ3n) is 4.28. The van der Waals surface area contributed by atoms with Crippen molar-refractivity contribution in [1.29, 1.82) is 0 Å². The number of fused-ring (bicyclic) bond motifs is 1. The van der Waals surface area contributed by atoms with Gasteiger partial charge in [0, 0.05) is 0 Å². The van der Waals surface area contributed by atoms with Crippen LogP contribution in [0.2, 0.25) is 0 Å². The molecule has 2 N–H and O–H groups in total. The number of anilines is 1. The van der Waals surface area contributed by atoms with Crippen LogP contribution in [0, 0.1) is 0 Å². The molecule has 0 fully saturated rings. The van der Waals surface area contributed by atoms with Crippen molar-refractivity contribution in [3.05, 3.63) is 65.4 Å². The van der Waals surface area contributed by atoms with E-state index in [1.807, 2.05) is 24.3 Å². The number of Topliss-reactive ketones (excluding diaryl/α,β-unsaturated/α-hetero) is 1. The number of aromatic hydroxyl groups is 1. The van der Waals surface area contributed by atoms with Crippen LogP contribution in [0.4, 0.5) is 5.13 Å². The Morgan fingerprint density at radius 2 is 1.81 bits per heavy atom. The highest BCUT2D eigenvalue weighted by Crippen LogP contribution is 2.43. The van der Waals surface area contributed by atoms with E-state index in [1.165, 1.54) is 35.3 Å². The maximum Gasteiger partial charge on any atom is 0.296 e. The van der Waals surface area contributed by atoms with Crippen LogP contribution in [0.3, 0.4) is 0 Å². The number of hydrogen-bond acceptors (Lipinski definition) is 6. The van der Waals surface area contributed by atoms with E-state index in [0.29, 0.717) is 10.7 Å². The van der Waals surface area contributed by atoms with Crippen LogP contribution >= 0.6 is 11.3 Å². The van der Waals surface area contributed by atoms with E-state index in [0.717, 1.165) is 10.2 Å². The molecule has 7 heteroatoms. The van der Waals surface area contributed by atoms with Crippen LogP contribution in [0.25, 0.3) is 10.2 Å². The van der Waals surface area contributed by atoms with Crippen LogP contribution in [0.1, 0.15) is 18.5 Å². The molecule has 1 aliphatic heterocycles. The summed E-state index contributed by atoms with van der Waals surface area (Å²) in [4.78, 5) is 30.7. The minimum absolute atomic E-state index is 0.0277. The Morgan fingerprint density at radius 3 is 2.46 bits per heavy atom. The number of para-hydroxylation sites is 1. The van der Waals surface area contributed by atoms with E-state index in [4.69, 9.17) is 0 Å². The van der Waals surface area contributed by atoms with Crippen LogP contribution in [-0.4, -0.2) is 26.9 Å².